The fraction of sp³-hybridized carbons (Fsp3) is 0.474. The summed E-state index contributed by atoms with van der Waals surface area (Å²) in [5.41, 5.74) is 5.04. The molecule has 0 radical (unpaired) electrons. The third-order valence-corrected chi connectivity index (χ3v) is 8.07. The maximum atomic E-state index is 11.6. The molecule has 1 aliphatic heterocycles. The Balaban J connectivity index is 0.000000265. The standard InChI is InChI=1S/C23H35NO3.C14H13NO2.CH4/c1-23(2,3)27-22(25)12-14-26-13-11-18-7-9-19(10-8-18)15-24-16-20-5-4-6-21(20)17-24;1-17-14(16)15-13-10-6-5-9-12(13)11-7-3-2-4-8-11;/h7-10,20-21H,4-6,11-17H2,1-3H3;2-10H,1H3,(H,15,16);1H4. The number of rotatable bonds is 10. The Labute approximate surface area is 270 Å². The summed E-state index contributed by atoms with van der Waals surface area (Å²) in [6.07, 6.45) is 5.05. The van der Waals surface area contributed by atoms with E-state index in [1.165, 1.54) is 50.6 Å². The molecule has 7 heteroatoms. The minimum absolute atomic E-state index is 0. The zero-order valence-electron chi connectivity index (χ0n) is 26.7. The van der Waals surface area contributed by atoms with Crippen LogP contribution in [0.15, 0.2) is 78.9 Å². The highest BCUT2D eigenvalue weighted by molar-refractivity contribution is 5.91. The Bertz CT molecular complexity index is 1310. The van der Waals surface area contributed by atoms with Crippen molar-refractivity contribution in [3.63, 3.8) is 0 Å². The highest BCUT2D eigenvalue weighted by atomic mass is 16.6. The maximum Gasteiger partial charge on any atom is 0.411 e. The molecule has 1 saturated carbocycles. The lowest BCUT2D eigenvalue weighted by Crippen LogP contribution is -2.24. The smallest absolute Gasteiger partial charge is 0.411 e. The summed E-state index contributed by atoms with van der Waals surface area (Å²) in [7, 11) is 1.35. The summed E-state index contributed by atoms with van der Waals surface area (Å²) in [6, 6.07) is 26.4. The molecule has 2 aliphatic rings. The summed E-state index contributed by atoms with van der Waals surface area (Å²) in [5.74, 6) is 1.72. The van der Waals surface area contributed by atoms with Crippen molar-refractivity contribution in [2.45, 2.75) is 72.4 Å². The van der Waals surface area contributed by atoms with Crippen molar-refractivity contribution in [3.05, 3.63) is 90.0 Å². The fourth-order valence-electron chi connectivity index (χ4n) is 5.99. The minimum Gasteiger partial charge on any atom is -0.460 e. The number of carbonyl (C=O) groups is 2. The first-order valence-electron chi connectivity index (χ1n) is 15.8. The number of fused-ring (bicyclic) bond motifs is 1. The number of nitrogens with one attached hydrogen (secondary N) is 1. The second kappa shape index (κ2) is 17.7. The van der Waals surface area contributed by atoms with Crippen LogP contribution >= 0.6 is 0 Å². The van der Waals surface area contributed by atoms with E-state index in [2.05, 4.69) is 39.2 Å². The molecule has 2 atom stereocenters. The van der Waals surface area contributed by atoms with Gasteiger partial charge in [-0.2, -0.15) is 0 Å². The Hall–Kier alpha value is -3.68. The average molecular weight is 617 g/mol. The van der Waals surface area contributed by atoms with Crippen LogP contribution in [0, 0.1) is 11.8 Å². The number of para-hydroxylation sites is 1. The van der Waals surface area contributed by atoms with Gasteiger partial charge in [0.05, 0.1) is 32.4 Å². The molecule has 2 unspecified atom stereocenters. The third kappa shape index (κ3) is 12.0. The van der Waals surface area contributed by atoms with Crippen LogP contribution in [0.25, 0.3) is 11.1 Å². The predicted molar refractivity (Wildman–Crippen MR) is 182 cm³/mol. The zero-order valence-corrected chi connectivity index (χ0v) is 26.7. The van der Waals surface area contributed by atoms with E-state index in [-0.39, 0.29) is 13.4 Å². The number of methoxy groups -OCH3 is 1. The number of hydrogen-bond acceptors (Lipinski definition) is 6. The molecule has 1 heterocycles. The van der Waals surface area contributed by atoms with E-state index in [9.17, 15) is 9.59 Å². The lowest BCUT2D eigenvalue weighted by atomic mass is 10.0. The van der Waals surface area contributed by atoms with Crippen LogP contribution in [0.3, 0.4) is 0 Å². The molecule has 0 aromatic heterocycles. The van der Waals surface area contributed by atoms with Gasteiger partial charge in [0.25, 0.3) is 0 Å². The monoisotopic (exact) mass is 616 g/mol. The lowest BCUT2D eigenvalue weighted by Gasteiger charge is -2.19. The first-order chi connectivity index (χ1) is 21.2. The Morgan fingerprint density at radius 3 is 2.11 bits per heavy atom. The van der Waals surface area contributed by atoms with Crippen molar-refractivity contribution in [2.75, 3.05) is 38.7 Å². The van der Waals surface area contributed by atoms with Crippen LogP contribution in [0.5, 0.6) is 0 Å². The van der Waals surface area contributed by atoms with E-state index in [0.29, 0.717) is 19.6 Å². The maximum absolute atomic E-state index is 11.6. The molecule has 3 aromatic rings. The SMILES string of the molecule is C.CC(C)(C)OC(=O)CCOCCc1ccc(CN2CC3CCCC3C2)cc1.COC(=O)Nc1ccccc1-c1ccccc1. The van der Waals surface area contributed by atoms with Crippen molar-refractivity contribution in [1.82, 2.24) is 4.90 Å². The highest BCUT2D eigenvalue weighted by Gasteiger charge is 2.35. The Morgan fingerprint density at radius 1 is 0.844 bits per heavy atom. The molecule has 3 aromatic carbocycles. The van der Waals surface area contributed by atoms with Gasteiger partial charge in [0, 0.05) is 25.2 Å². The quantitative estimate of drug-likeness (QED) is 0.182. The van der Waals surface area contributed by atoms with E-state index in [1.54, 1.807) is 0 Å². The van der Waals surface area contributed by atoms with Crippen molar-refractivity contribution >= 4 is 17.7 Å². The zero-order chi connectivity index (χ0) is 31.4. The van der Waals surface area contributed by atoms with Crippen LogP contribution < -0.4 is 5.32 Å². The third-order valence-electron chi connectivity index (χ3n) is 8.07. The van der Waals surface area contributed by atoms with Gasteiger partial charge < -0.3 is 14.2 Å². The number of hydrogen-bond donors (Lipinski definition) is 1. The van der Waals surface area contributed by atoms with Gasteiger partial charge in [0.15, 0.2) is 0 Å². The van der Waals surface area contributed by atoms with E-state index in [4.69, 9.17) is 9.47 Å². The molecule has 1 saturated heterocycles. The van der Waals surface area contributed by atoms with Gasteiger partial charge in [-0.25, -0.2) is 4.79 Å². The van der Waals surface area contributed by atoms with Crippen LogP contribution in [-0.4, -0.2) is 56.0 Å². The number of benzene rings is 3. The minimum atomic E-state index is -0.464. The molecule has 1 N–H and O–H groups in total. The fourth-order valence-corrected chi connectivity index (χ4v) is 5.99. The number of ether oxygens (including phenoxy) is 3. The van der Waals surface area contributed by atoms with Gasteiger partial charge in [-0.1, -0.05) is 86.6 Å². The van der Waals surface area contributed by atoms with E-state index < -0.39 is 11.7 Å². The number of esters is 1. The van der Waals surface area contributed by atoms with Gasteiger partial charge in [-0.3, -0.25) is 15.0 Å². The van der Waals surface area contributed by atoms with Crippen LogP contribution in [-0.2, 0) is 32.0 Å². The van der Waals surface area contributed by atoms with E-state index >= 15 is 0 Å². The summed E-state index contributed by atoms with van der Waals surface area (Å²) >= 11 is 0. The molecule has 2 fully saturated rings. The summed E-state index contributed by atoms with van der Waals surface area (Å²) in [5, 5.41) is 2.70. The van der Waals surface area contributed by atoms with E-state index in [0.717, 1.165) is 41.6 Å². The molecule has 244 valence electrons. The molecule has 45 heavy (non-hydrogen) atoms. The first kappa shape index (κ1) is 35.8. The van der Waals surface area contributed by atoms with Gasteiger partial charge in [0.2, 0.25) is 0 Å². The van der Waals surface area contributed by atoms with Crippen molar-refractivity contribution in [1.29, 1.82) is 0 Å². The molecular weight excluding hydrogens is 564 g/mol. The number of nitrogens with zero attached hydrogens (tertiary/aromatic N) is 1. The summed E-state index contributed by atoms with van der Waals surface area (Å²) < 4.78 is 15.5. The average Bonchev–Trinajstić information content (AvgIpc) is 3.60. The summed E-state index contributed by atoms with van der Waals surface area (Å²) in [6.45, 7) is 10.4. The molecule has 5 rings (SSSR count). The molecule has 0 spiro atoms. The summed E-state index contributed by atoms with van der Waals surface area (Å²) in [4.78, 5) is 25.5. The van der Waals surface area contributed by atoms with Crippen LogP contribution in [0.1, 0.15) is 65.0 Å². The van der Waals surface area contributed by atoms with Gasteiger partial charge >= 0.3 is 12.1 Å². The van der Waals surface area contributed by atoms with Crippen LogP contribution in [0.2, 0.25) is 0 Å². The van der Waals surface area contributed by atoms with Crippen molar-refractivity contribution in [3.8, 4) is 11.1 Å². The first-order valence-corrected chi connectivity index (χ1v) is 15.8. The van der Waals surface area contributed by atoms with E-state index in [1.807, 2.05) is 75.4 Å². The second-order valence-corrected chi connectivity index (χ2v) is 12.7. The number of amides is 1. The molecule has 1 aliphatic carbocycles. The Kier molecular flexibility index (Phi) is 14.1. The number of anilines is 1. The second-order valence-electron chi connectivity index (χ2n) is 12.7. The van der Waals surface area contributed by atoms with Gasteiger partial charge in [0.1, 0.15) is 5.60 Å². The lowest BCUT2D eigenvalue weighted by molar-refractivity contribution is -0.156. The van der Waals surface area contributed by atoms with Crippen molar-refractivity contribution < 1.29 is 23.8 Å². The predicted octanol–water partition coefficient (Wildman–Crippen LogP) is 8.38. The molecule has 0 bridgehead atoms. The number of carbonyl (C=O) groups excluding carboxylic acids is 2. The number of likely N-dealkylation sites (tertiary alicyclic amines) is 1. The van der Waals surface area contributed by atoms with Gasteiger partial charge in [-0.05, 0) is 74.6 Å². The molecule has 1 amide bonds. The normalized spacial score (nSPS) is 17.3. The molecular formula is C38H52N2O5. The largest absolute Gasteiger partial charge is 0.460 e. The molecule has 7 nitrogen and oxygen atoms in total. The van der Waals surface area contributed by atoms with Crippen molar-refractivity contribution in [2.24, 2.45) is 11.8 Å². The van der Waals surface area contributed by atoms with Gasteiger partial charge in [-0.15, -0.1) is 0 Å². The Morgan fingerprint density at radius 2 is 1.47 bits per heavy atom. The highest BCUT2D eigenvalue weighted by Crippen LogP contribution is 2.38. The van der Waals surface area contributed by atoms with Crippen LogP contribution in [0.4, 0.5) is 10.5 Å². The topological polar surface area (TPSA) is 77.1 Å².